The Morgan fingerprint density at radius 2 is 1.92 bits per heavy atom. The molecular formula is C15H20F2N2O5. The number of ether oxygens (including phenoxy) is 1. The number of hydrazine groups is 1. The number of benzene rings is 1. The van der Waals surface area contributed by atoms with E-state index in [0.717, 1.165) is 17.1 Å². The van der Waals surface area contributed by atoms with Gasteiger partial charge in [-0.15, -0.1) is 0 Å². The lowest BCUT2D eigenvalue weighted by Crippen LogP contribution is -2.53. The highest BCUT2D eigenvalue weighted by atomic mass is 19.2. The van der Waals surface area contributed by atoms with Crippen molar-refractivity contribution in [3.8, 4) is 0 Å². The van der Waals surface area contributed by atoms with Gasteiger partial charge >= 0.3 is 12.1 Å². The molecule has 9 heteroatoms. The highest BCUT2D eigenvalue weighted by Crippen LogP contribution is 2.13. The molecule has 3 N–H and O–H groups in total. The van der Waals surface area contributed by atoms with E-state index >= 15 is 0 Å². The highest BCUT2D eigenvalue weighted by molar-refractivity contribution is 5.74. The lowest BCUT2D eigenvalue weighted by Gasteiger charge is -2.29. The molecule has 0 saturated heterocycles. The number of carboxylic acids is 1. The topological polar surface area (TPSA) is 99.1 Å². The minimum absolute atomic E-state index is 0.199. The van der Waals surface area contributed by atoms with Crippen LogP contribution in [0.2, 0.25) is 0 Å². The molecule has 1 aromatic carbocycles. The van der Waals surface area contributed by atoms with Crippen LogP contribution in [0.15, 0.2) is 18.2 Å². The molecule has 1 atom stereocenters. The lowest BCUT2D eigenvalue weighted by molar-refractivity contribution is -0.146. The van der Waals surface area contributed by atoms with Crippen LogP contribution in [0.5, 0.6) is 0 Å². The number of carbonyl (C=O) groups excluding carboxylic acids is 1. The van der Waals surface area contributed by atoms with Gasteiger partial charge in [0, 0.05) is 6.54 Å². The largest absolute Gasteiger partial charge is 0.480 e. The number of aliphatic carboxylic acids is 1. The molecule has 0 unspecified atom stereocenters. The van der Waals surface area contributed by atoms with E-state index in [2.05, 4.69) is 5.43 Å². The van der Waals surface area contributed by atoms with Crippen LogP contribution in [0, 0.1) is 11.6 Å². The van der Waals surface area contributed by atoms with Crippen molar-refractivity contribution >= 4 is 12.1 Å². The van der Waals surface area contributed by atoms with Gasteiger partial charge in [0.1, 0.15) is 11.6 Å². The van der Waals surface area contributed by atoms with Crippen LogP contribution < -0.4 is 5.43 Å². The zero-order valence-electron chi connectivity index (χ0n) is 13.5. The number of amides is 1. The number of rotatable bonds is 6. The van der Waals surface area contributed by atoms with E-state index in [1.165, 1.54) is 6.07 Å². The first-order valence-corrected chi connectivity index (χ1v) is 7.07. The normalized spacial score (nSPS) is 12.8. The molecule has 0 radical (unpaired) electrons. The molecule has 0 aliphatic heterocycles. The first kappa shape index (κ1) is 19.8. The first-order chi connectivity index (χ1) is 11.0. The van der Waals surface area contributed by atoms with Crippen molar-refractivity contribution in [1.29, 1.82) is 0 Å². The number of aliphatic hydroxyl groups is 1. The number of hydrogen-bond donors (Lipinski definition) is 3. The first-order valence-electron chi connectivity index (χ1n) is 7.07. The van der Waals surface area contributed by atoms with Gasteiger partial charge in [-0.05, 0) is 38.5 Å². The van der Waals surface area contributed by atoms with Crippen molar-refractivity contribution < 1.29 is 33.3 Å². The fraction of sp³-hybridized carbons (Fsp3) is 0.467. The molecule has 0 aromatic heterocycles. The van der Waals surface area contributed by atoms with Crippen LogP contribution in [0.3, 0.4) is 0 Å². The second-order valence-corrected chi connectivity index (χ2v) is 6.03. The van der Waals surface area contributed by atoms with E-state index in [4.69, 9.17) is 9.84 Å². The second kappa shape index (κ2) is 8.02. The van der Waals surface area contributed by atoms with Crippen LogP contribution in [0.1, 0.15) is 26.3 Å². The third-order valence-electron chi connectivity index (χ3n) is 2.80. The summed E-state index contributed by atoms with van der Waals surface area (Å²) in [6.07, 6.45) is -0.940. The molecule has 0 aliphatic rings. The van der Waals surface area contributed by atoms with E-state index in [-0.39, 0.29) is 12.1 Å². The van der Waals surface area contributed by atoms with E-state index in [1.54, 1.807) is 20.8 Å². The highest BCUT2D eigenvalue weighted by Gasteiger charge is 2.28. The number of nitrogens with one attached hydrogen (secondary N) is 1. The van der Waals surface area contributed by atoms with E-state index in [0.29, 0.717) is 0 Å². The molecule has 134 valence electrons. The van der Waals surface area contributed by atoms with Gasteiger partial charge in [-0.1, -0.05) is 6.07 Å². The van der Waals surface area contributed by atoms with Gasteiger partial charge in [0.05, 0.1) is 6.61 Å². The summed E-state index contributed by atoms with van der Waals surface area (Å²) in [5, 5.41) is 19.3. The van der Waals surface area contributed by atoms with Gasteiger partial charge in [0.15, 0.2) is 11.6 Å². The molecule has 0 fully saturated rings. The van der Waals surface area contributed by atoms with E-state index in [1.807, 2.05) is 0 Å². The zero-order valence-corrected chi connectivity index (χ0v) is 13.5. The fourth-order valence-electron chi connectivity index (χ4n) is 1.79. The smallest absolute Gasteiger partial charge is 0.422 e. The summed E-state index contributed by atoms with van der Waals surface area (Å²) in [6, 6.07) is 1.49. The van der Waals surface area contributed by atoms with Crippen LogP contribution in [0.4, 0.5) is 13.6 Å². The predicted octanol–water partition coefficient (Wildman–Crippen LogP) is 1.65. The maximum absolute atomic E-state index is 13.3. The molecule has 0 spiro atoms. The molecule has 1 aromatic rings. The Morgan fingerprint density at radius 3 is 2.38 bits per heavy atom. The molecule has 0 bridgehead atoms. The number of nitrogens with zero attached hydrogens (tertiary/aromatic N) is 1. The maximum Gasteiger partial charge on any atom is 0.422 e. The summed E-state index contributed by atoms with van der Waals surface area (Å²) >= 11 is 0. The van der Waals surface area contributed by atoms with Crippen molar-refractivity contribution in [2.45, 2.75) is 39.0 Å². The van der Waals surface area contributed by atoms with Crippen molar-refractivity contribution in [2.24, 2.45) is 0 Å². The fourth-order valence-corrected chi connectivity index (χ4v) is 1.79. The summed E-state index contributed by atoms with van der Waals surface area (Å²) < 4.78 is 31.3. The third-order valence-corrected chi connectivity index (χ3v) is 2.80. The Kier molecular flexibility index (Phi) is 6.61. The Morgan fingerprint density at radius 1 is 1.29 bits per heavy atom. The van der Waals surface area contributed by atoms with Gasteiger partial charge in [0.2, 0.25) is 0 Å². The average molecular weight is 346 g/mol. The molecular weight excluding hydrogens is 326 g/mol. The van der Waals surface area contributed by atoms with Gasteiger partial charge in [-0.25, -0.2) is 13.6 Å². The summed E-state index contributed by atoms with van der Waals surface area (Å²) in [6.45, 7) is 3.76. The van der Waals surface area contributed by atoms with Crippen LogP contribution in [-0.4, -0.2) is 45.5 Å². The number of hydrogen-bond acceptors (Lipinski definition) is 5. The summed E-state index contributed by atoms with van der Waals surface area (Å²) in [5.41, 5.74) is 1.58. The predicted molar refractivity (Wildman–Crippen MR) is 79.8 cm³/mol. The number of halogens is 2. The monoisotopic (exact) mass is 346 g/mol. The minimum Gasteiger partial charge on any atom is -0.480 e. The average Bonchev–Trinajstić information content (AvgIpc) is 2.41. The van der Waals surface area contributed by atoms with Gasteiger partial charge in [-0.3, -0.25) is 10.2 Å². The molecule has 0 saturated carbocycles. The molecule has 1 rings (SSSR count). The number of carbonyl (C=O) groups is 2. The Labute approximate surface area is 137 Å². The minimum atomic E-state index is -1.49. The third kappa shape index (κ3) is 6.09. The molecule has 0 heterocycles. The standard InChI is InChI=1S/C15H20F2N2O5/c1-15(2,3)24-14(23)18-19(12(8-20)13(21)22)7-9-4-5-10(16)11(17)6-9/h4-6,12,20H,7-8H2,1-3H3,(H,18,23)(H,21,22)/t12-/m1/s1. The van der Waals surface area contributed by atoms with E-state index < -0.39 is 41.9 Å². The SMILES string of the molecule is CC(C)(C)OC(=O)NN(Cc1ccc(F)c(F)c1)[C@H](CO)C(=O)O. The molecule has 0 aliphatic carbocycles. The lowest BCUT2D eigenvalue weighted by atomic mass is 10.2. The van der Waals surface area contributed by atoms with Crippen LogP contribution in [0.25, 0.3) is 0 Å². The van der Waals surface area contributed by atoms with Crippen LogP contribution >= 0.6 is 0 Å². The Bertz CT molecular complexity index is 604. The van der Waals surface area contributed by atoms with Crippen molar-refractivity contribution in [3.05, 3.63) is 35.4 Å². The summed E-state index contributed by atoms with van der Waals surface area (Å²) in [7, 11) is 0. The quantitative estimate of drug-likeness (QED) is 0.678. The van der Waals surface area contributed by atoms with Crippen molar-refractivity contribution in [1.82, 2.24) is 10.4 Å². The van der Waals surface area contributed by atoms with Gasteiger partial charge in [0.25, 0.3) is 0 Å². The summed E-state index contributed by atoms with van der Waals surface area (Å²) in [5.74, 6) is -3.57. The van der Waals surface area contributed by atoms with Crippen LogP contribution in [-0.2, 0) is 16.1 Å². The number of aliphatic hydroxyl groups excluding tert-OH is 1. The Hall–Kier alpha value is -2.26. The van der Waals surface area contributed by atoms with Gasteiger partial charge in [-0.2, -0.15) is 5.01 Å². The Balaban J connectivity index is 2.98. The zero-order chi connectivity index (χ0) is 18.5. The van der Waals surface area contributed by atoms with Crippen molar-refractivity contribution in [3.63, 3.8) is 0 Å². The molecule has 7 nitrogen and oxygen atoms in total. The number of carboxylic acid groups (broad SMARTS) is 1. The van der Waals surface area contributed by atoms with Crippen molar-refractivity contribution in [2.75, 3.05) is 6.61 Å². The van der Waals surface area contributed by atoms with Gasteiger partial charge < -0.3 is 14.9 Å². The second-order valence-electron chi connectivity index (χ2n) is 6.03. The molecule has 1 amide bonds. The maximum atomic E-state index is 13.3. The summed E-state index contributed by atoms with van der Waals surface area (Å²) in [4.78, 5) is 23.1. The molecule has 24 heavy (non-hydrogen) atoms. The van der Waals surface area contributed by atoms with E-state index in [9.17, 15) is 23.5 Å².